The summed E-state index contributed by atoms with van der Waals surface area (Å²) in [7, 11) is 1.68. The minimum atomic E-state index is -0.0825. The first-order valence-corrected chi connectivity index (χ1v) is 11.1. The first-order chi connectivity index (χ1) is 15.1. The van der Waals surface area contributed by atoms with E-state index in [0.717, 1.165) is 42.2 Å². The molecule has 1 atom stereocenters. The van der Waals surface area contributed by atoms with Crippen LogP contribution >= 0.6 is 15.9 Å². The van der Waals surface area contributed by atoms with E-state index >= 15 is 0 Å². The Hall–Kier alpha value is -2.77. The fourth-order valence-corrected chi connectivity index (χ4v) is 4.13. The maximum absolute atomic E-state index is 12.6. The lowest BCUT2D eigenvalue weighted by molar-refractivity contribution is 0.0923. The fourth-order valence-electron chi connectivity index (χ4n) is 3.87. The minimum absolute atomic E-state index is 0.00702. The molecule has 1 aliphatic heterocycles. The van der Waals surface area contributed by atoms with Crippen LogP contribution in [0.3, 0.4) is 0 Å². The van der Waals surface area contributed by atoms with Gasteiger partial charge in [-0.2, -0.15) is 0 Å². The lowest BCUT2D eigenvalue weighted by atomic mass is 10.1. The van der Waals surface area contributed by atoms with E-state index in [4.69, 9.17) is 9.15 Å². The summed E-state index contributed by atoms with van der Waals surface area (Å²) in [5.74, 6) is 1.65. The summed E-state index contributed by atoms with van der Waals surface area (Å²) in [6.45, 7) is 4.07. The number of amides is 1. The number of furan rings is 1. The minimum Gasteiger partial charge on any atom is -0.497 e. The maximum Gasteiger partial charge on any atom is 0.251 e. The number of nitrogens with zero attached hydrogens (tertiary/aromatic N) is 2. The molecule has 1 saturated heterocycles. The lowest BCUT2D eigenvalue weighted by Gasteiger charge is -2.39. The molecule has 31 heavy (non-hydrogen) atoms. The average molecular weight is 484 g/mol. The third-order valence-corrected chi connectivity index (χ3v) is 6.16. The van der Waals surface area contributed by atoms with Crippen LogP contribution in [0.25, 0.3) is 0 Å². The Morgan fingerprint density at radius 1 is 1.06 bits per heavy atom. The fraction of sp³-hybridized carbons (Fsp3) is 0.292. The van der Waals surface area contributed by atoms with Gasteiger partial charge in [0.1, 0.15) is 11.5 Å². The second kappa shape index (κ2) is 10.0. The van der Waals surface area contributed by atoms with Crippen LogP contribution in [0.2, 0.25) is 0 Å². The molecule has 2 heterocycles. The van der Waals surface area contributed by atoms with Crippen molar-refractivity contribution in [2.45, 2.75) is 6.04 Å². The first-order valence-electron chi connectivity index (χ1n) is 10.3. The molecule has 1 amide bonds. The number of carbonyl (C=O) groups excluding carboxylic acids is 1. The third kappa shape index (κ3) is 5.29. The van der Waals surface area contributed by atoms with Gasteiger partial charge in [-0.1, -0.05) is 15.9 Å². The first kappa shape index (κ1) is 21.5. The molecular formula is C24H26BrN3O3. The number of methoxy groups -OCH3 is 1. The molecule has 7 heteroatoms. The van der Waals surface area contributed by atoms with Crippen molar-refractivity contribution in [3.8, 4) is 5.75 Å². The van der Waals surface area contributed by atoms with Crippen molar-refractivity contribution in [2.24, 2.45) is 0 Å². The second-order valence-corrected chi connectivity index (χ2v) is 8.38. The normalized spacial score (nSPS) is 15.5. The molecule has 0 spiro atoms. The largest absolute Gasteiger partial charge is 0.497 e. The van der Waals surface area contributed by atoms with Gasteiger partial charge in [0.25, 0.3) is 5.91 Å². The molecule has 0 saturated carbocycles. The van der Waals surface area contributed by atoms with Crippen LogP contribution < -0.4 is 15.0 Å². The quantitative estimate of drug-likeness (QED) is 0.541. The molecule has 1 aromatic heterocycles. The van der Waals surface area contributed by atoms with Gasteiger partial charge in [0.2, 0.25) is 0 Å². The average Bonchev–Trinajstić information content (AvgIpc) is 3.35. The van der Waals surface area contributed by atoms with Crippen molar-refractivity contribution in [3.05, 3.63) is 82.7 Å². The van der Waals surface area contributed by atoms with E-state index in [2.05, 4.69) is 43.2 Å². The van der Waals surface area contributed by atoms with Crippen molar-refractivity contribution in [1.29, 1.82) is 0 Å². The molecule has 0 aliphatic carbocycles. The van der Waals surface area contributed by atoms with E-state index in [1.54, 1.807) is 13.4 Å². The number of carbonyl (C=O) groups is 1. The van der Waals surface area contributed by atoms with Gasteiger partial charge >= 0.3 is 0 Å². The summed E-state index contributed by atoms with van der Waals surface area (Å²) < 4.78 is 11.9. The van der Waals surface area contributed by atoms with Crippen molar-refractivity contribution in [2.75, 3.05) is 44.7 Å². The topological polar surface area (TPSA) is 58.0 Å². The van der Waals surface area contributed by atoms with E-state index in [0.29, 0.717) is 12.1 Å². The van der Waals surface area contributed by atoms with Crippen molar-refractivity contribution < 1.29 is 13.9 Å². The zero-order chi connectivity index (χ0) is 21.6. The number of ether oxygens (including phenoxy) is 1. The van der Waals surface area contributed by atoms with Crippen molar-refractivity contribution in [1.82, 2.24) is 10.2 Å². The summed E-state index contributed by atoms with van der Waals surface area (Å²) >= 11 is 3.40. The van der Waals surface area contributed by atoms with Gasteiger partial charge in [0, 0.05) is 48.4 Å². The van der Waals surface area contributed by atoms with Crippen molar-refractivity contribution >= 4 is 27.5 Å². The van der Waals surface area contributed by atoms with E-state index < -0.39 is 0 Å². The van der Waals surface area contributed by atoms with Gasteiger partial charge in [-0.3, -0.25) is 9.69 Å². The molecule has 1 unspecified atom stereocenters. The highest BCUT2D eigenvalue weighted by molar-refractivity contribution is 9.10. The van der Waals surface area contributed by atoms with E-state index in [-0.39, 0.29) is 11.9 Å². The molecule has 0 radical (unpaired) electrons. The number of rotatable bonds is 7. The molecule has 0 bridgehead atoms. The number of hydrogen-bond donors (Lipinski definition) is 1. The molecule has 3 aromatic rings. The molecule has 1 fully saturated rings. The highest BCUT2D eigenvalue weighted by Gasteiger charge is 2.27. The Kier molecular flexibility index (Phi) is 6.94. The van der Waals surface area contributed by atoms with Crippen LogP contribution in [0.4, 0.5) is 5.69 Å². The number of nitrogens with one attached hydrogen (secondary N) is 1. The number of halogens is 1. The molecule has 1 aliphatic rings. The van der Waals surface area contributed by atoms with E-state index in [9.17, 15) is 4.79 Å². The Labute approximate surface area is 190 Å². The van der Waals surface area contributed by atoms with Gasteiger partial charge in [-0.15, -0.1) is 0 Å². The monoisotopic (exact) mass is 483 g/mol. The van der Waals surface area contributed by atoms with Gasteiger partial charge in [-0.05, 0) is 60.7 Å². The van der Waals surface area contributed by atoms with Crippen LogP contribution in [-0.2, 0) is 0 Å². The summed E-state index contributed by atoms with van der Waals surface area (Å²) in [6, 6.07) is 19.4. The molecular weight excluding hydrogens is 458 g/mol. The van der Waals surface area contributed by atoms with Gasteiger partial charge in [-0.25, -0.2) is 0 Å². The van der Waals surface area contributed by atoms with Gasteiger partial charge < -0.3 is 19.4 Å². The predicted octanol–water partition coefficient (Wildman–Crippen LogP) is 4.34. The van der Waals surface area contributed by atoms with Gasteiger partial charge in [0.05, 0.1) is 19.4 Å². The maximum atomic E-state index is 12.6. The van der Waals surface area contributed by atoms with E-state index in [1.807, 2.05) is 48.5 Å². The molecule has 162 valence electrons. The number of piperazine rings is 1. The van der Waals surface area contributed by atoms with Crippen LogP contribution in [0.1, 0.15) is 22.2 Å². The highest BCUT2D eigenvalue weighted by atomic mass is 79.9. The number of anilines is 1. The van der Waals surface area contributed by atoms with Crippen LogP contribution in [0, 0.1) is 0 Å². The highest BCUT2D eigenvalue weighted by Crippen LogP contribution is 2.25. The Bertz CT molecular complexity index is 966. The smallest absolute Gasteiger partial charge is 0.251 e. The summed E-state index contributed by atoms with van der Waals surface area (Å²) in [4.78, 5) is 17.4. The Morgan fingerprint density at radius 3 is 2.39 bits per heavy atom. The van der Waals surface area contributed by atoms with Crippen molar-refractivity contribution in [3.63, 3.8) is 0 Å². The summed E-state index contributed by atoms with van der Waals surface area (Å²) in [5, 5.41) is 3.08. The molecule has 2 aromatic carbocycles. The third-order valence-electron chi connectivity index (χ3n) is 5.63. The lowest BCUT2D eigenvalue weighted by Crippen LogP contribution is -2.49. The summed E-state index contributed by atoms with van der Waals surface area (Å²) in [6.07, 6.45) is 1.69. The second-order valence-electron chi connectivity index (χ2n) is 7.47. The van der Waals surface area contributed by atoms with Gasteiger partial charge in [0.15, 0.2) is 0 Å². The molecule has 4 rings (SSSR count). The molecule has 1 N–H and O–H groups in total. The Balaban J connectivity index is 1.39. The number of hydrogen-bond acceptors (Lipinski definition) is 5. The zero-order valence-corrected chi connectivity index (χ0v) is 19.0. The SMILES string of the molecule is COc1ccc(N2CCN(C(CNC(=O)c3ccc(Br)cc3)c3ccco3)CC2)cc1. The zero-order valence-electron chi connectivity index (χ0n) is 17.5. The standard InChI is InChI=1S/C24H26BrN3O3/c1-30-21-10-8-20(9-11-21)27-12-14-28(15-13-27)22(23-3-2-16-31-23)17-26-24(29)18-4-6-19(25)7-5-18/h2-11,16,22H,12-15,17H2,1H3,(H,26,29). The summed E-state index contributed by atoms with van der Waals surface area (Å²) in [5.41, 5.74) is 1.84. The van der Waals surface area contributed by atoms with Crippen LogP contribution in [0.15, 0.2) is 75.8 Å². The van der Waals surface area contributed by atoms with Crippen LogP contribution in [0.5, 0.6) is 5.75 Å². The predicted molar refractivity (Wildman–Crippen MR) is 125 cm³/mol. The Morgan fingerprint density at radius 2 is 1.77 bits per heavy atom. The molecule has 6 nitrogen and oxygen atoms in total. The van der Waals surface area contributed by atoms with Crippen LogP contribution in [-0.4, -0.2) is 50.6 Å². The van der Waals surface area contributed by atoms with E-state index in [1.165, 1.54) is 5.69 Å². The number of benzene rings is 2.